The Hall–Kier alpha value is -1.95. The van der Waals surface area contributed by atoms with E-state index in [0.717, 1.165) is 11.8 Å². The zero-order valence-electron chi connectivity index (χ0n) is 11.8. The number of thioether (sulfide) groups is 1. The average Bonchev–Trinajstić information content (AvgIpc) is 2.74. The lowest BCUT2D eigenvalue weighted by molar-refractivity contribution is -0.115. The van der Waals surface area contributed by atoms with Gasteiger partial charge in [0.25, 0.3) is 11.1 Å². The van der Waals surface area contributed by atoms with Crippen molar-refractivity contribution in [1.29, 1.82) is 0 Å². The van der Waals surface area contributed by atoms with E-state index in [1.807, 2.05) is 13.8 Å². The Labute approximate surface area is 122 Å². The third kappa shape index (κ3) is 3.54. The summed E-state index contributed by atoms with van der Waals surface area (Å²) in [7, 11) is 1.45. The van der Waals surface area contributed by atoms with Crippen LogP contribution >= 0.6 is 11.8 Å². The van der Waals surface area contributed by atoms with E-state index in [1.54, 1.807) is 25.1 Å². The Morgan fingerprint density at radius 3 is 2.45 bits per heavy atom. The first-order valence-corrected chi connectivity index (χ1v) is 6.95. The minimum absolute atomic E-state index is 0.0688. The molecule has 0 bridgehead atoms. The van der Waals surface area contributed by atoms with Gasteiger partial charge in [0, 0.05) is 0 Å². The number of phenolic OH excluding ortho intramolecular Hbond substituents is 1. The number of ether oxygens (including phenoxy) is 1. The number of hydrogen-bond acceptors (Lipinski definition) is 5. The van der Waals surface area contributed by atoms with Gasteiger partial charge in [-0.1, -0.05) is 13.8 Å². The van der Waals surface area contributed by atoms with E-state index < -0.39 is 5.91 Å². The molecule has 0 saturated carbocycles. The van der Waals surface area contributed by atoms with E-state index in [0.29, 0.717) is 21.8 Å². The number of benzene rings is 1. The number of nitrogens with one attached hydrogen (secondary N) is 1. The summed E-state index contributed by atoms with van der Waals surface area (Å²) in [5.74, 6) is -0.00877. The molecule has 0 radical (unpaired) electrons. The van der Waals surface area contributed by atoms with Gasteiger partial charge in [0.1, 0.15) is 0 Å². The van der Waals surface area contributed by atoms with Crippen LogP contribution in [0.5, 0.6) is 11.5 Å². The molecule has 1 aliphatic heterocycles. The fourth-order valence-corrected chi connectivity index (χ4v) is 2.27. The maximum atomic E-state index is 11.4. The second kappa shape index (κ2) is 7.00. The molecule has 1 heterocycles. The van der Waals surface area contributed by atoms with Crippen LogP contribution in [0.4, 0.5) is 4.79 Å². The predicted molar refractivity (Wildman–Crippen MR) is 79.9 cm³/mol. The summed E-state index contributed by atoms with van der Waals surface area (Å²) in [4.78, 5) is 22.7. The first-order chi connectivity index (χ1) is 9.51. The Kier molecular flexibility index (Phi) is 5.64. The number of carbonyl (C=O) groups excluding carboxylic acids is 2. The summed E-state index contributed by atoms with van der Waals surface area (Å²) in [6.45, 7) is 5.73. The molecule has 0 atom stereocenters. The largest absolute Gasteiger partial charge is 0.504 e. The number of hydrogen-bond donors (Lipinski definition) is 2. The molecular weight excluding hydrogens is 278 g/mol. The summed E-state index contributed by atoms with van der Waals surface area (Å²) in [6.07, 6.45) is 1.58. The van der Waals surface area contributed by atoms with Gasteiger partial charge >= 0.3 is 0 Å². The number of aryl methyl sites for hydroxylation is 1. The van der Waals surface area contributed by atoms with Gasteiger partial charge < -0.3 is 9.84 Å². The summed E-state index contributed by atoms with van der Waals surface area (Å²) in [6, 6.07) is 3.31. The third-order valence-corrected chi connectivity index (χ3v) is 3.26. The molecule has 2 rings (SSSR count). The minimum atomic E-state index is -0.408. The molecule has 108 valence electrons. The zero-order valence-corrected chi connectivity index (χ0v) is 12.6. The molecule has 1 aromatic rings. The van der Waals surface area contributed by atoms with Crippen LogP contribution in [-0.4, -0.2) is 23.4 Å². The molecule has 6 heteroatoms. The smallest absolute Gasteiger partial charge is 0.290 e. The van der Waals surface area contributed by atoms with Crippen molar-refractivity contribution < 1.29 is 19.4 Å². The first-order valence-electron chi connectivity index (χ1n) is 6.13. The second-order valence-corrected chi connectivity index (χ2v) is 4.76. The molecule has 5 nitrogen and oxygen atoms in total. The topological polar surface area (TPSA) is 75.6 Å². The van der Waals surface area contributed by atoms with Crippen LogP contribution in [0, 0.1) is 6.92 Å². The maximum Gasteiger partial charge on any atom is 0.290 e. The van der Waals surface area contributed by atoms with Gasteiger partial charge in [0.05, 0.1) is 12.0 Å². The molecule has 20 heavy (non-hydrogen) atoms. The van der Waals surface area contributed by atoms with Crippen LogP contribution in [0.3, 0.4) is 0 Å². The normalized spacial score (nSPS) is 15.7. The van der Waals surface area contributed by atoms with Crippen molar-refractivity contribution in [2.45, 2.75) is 20.8 Å². The first kappa shape index (κ1) is 16.1. The van der Waals surface area contributed by atoms with Gasteiger partial charge in [-0.2, -0.15) is 0 Å². The monoisotopic (exact) mass is 295 g/mol. The summed E-state index contributed by atoms with van der Waals surface area (Å²) in [5, 5.41) is 11.5. The lowest BCUT2D eigenvalue weighted by Crippen LogP contribution is -2.17. The van der Waals surface area contributed by atoms with E-state index in [-0.39, 0.29) is 11.0 Å². The van der Waals surface area contributed by atoms with E-state index in [9.17, 15) is 14.7 Å². The Morgan fingerprint density at radius 2 is 1.95 bits per heavy atom. The number of aromatic hydroxyl groups is 1. The van der Waals surface area contributed by atoms with Crippen LogP contribution in [-0.2, 0) is 4.79 Å². The number of carbonyl (C=O) groups is 2. The SMILES string of the molecule is CC.COc1cc(/C=C2\SC(=O)NC2=O)cc(C)c1O. The predicted octanol–water partition coefficient (Wildman–Crippen LogP) is 3.06. The van der Waals surface area contributed by atoms with Gasteiger partial charge in [-0.3, -0.25) is 14.9 Å². The maximum absolute atomic E-state index is 11.4. The van der Waals surface area contributed by atoms with Crippen LogP contribution in [0.25, 0.3) is 6.08 Å². The number of imide groups is 1. The molecule has 0 aromatic heterocycles. The summed E-state index contributed by atoms with van der Waals surface area (Å²) in [5.41, 5.74) is 1.32. The van der Waals surface area contributed by atoms with Gasteiger partial charge in [-0.15, -0.1) is 0 Å². The second-order valence-electron chi connectivity index (χ2n) is 3.74. The minimum Gasteiger partial charge on any atom is -0.504 e. The molecule has 0 aliphatic carbocycles. The van der Waals surface area contributed by atoms with E-state index >= 15 is 0 Å². The van der Waals surface area contributed by atoms with Crippen molar-refractivity contribution in [1.82, 2.24) is 5.32 Å². The van der Waals surface area contributed by atoms with Crippen LogP contribution in [0.15, 0.2) is 17.0 Å². The van der Waals surface area contributed by atoms with Crippen LogP contribution in [0.1, 0.15) is 25.0 Å². The summed E-state index contributed by atoms with van der Waals surface area (Å²) >= 11 is 0.850. The van der Waals surface area contributed by atoms with Crippen molar-refractivity contribution in [3.63, 3.8) is 0 Å². The van der Waals surface area contributed by atoms with Crippen molar-refractivity contribution in [3.8, 4) is 11.5 Å². The number of phenols is 1. The standard InChI is InChI=1S/C12H11NO4S.C2H6/c1-6-3-7(4-8(17-2)10(6)14)5-9-11(15)13-12(16)18-9;1-2/h3-5,14H,1-2H3,(H,13,15,16);1-2H3/b9-5-;. The average molecular weight is 295 g/mol. The van der Waals surface area contributed by atoms with Gasteiger partial charge in [-0.05, 0) is 48.0 Å². The van der Waals surface area contributed by atoms with Crippen molar-refractivity contribution >= 4 is 29.0 Å². The third-order valence-electron chi connectivity index (χ3n) is 2.45. The fourth-order valence-electron chi connectivity index (χ4n) is 1.59. The molecule has 2 amide bonds. The lowest BCUT2D eigenvalue weighted by atomic mass is 10.1. The molecule has 1 fully saturated rings. The highest BCUT2D eigenvalue weighted by Gasteiger charge is 2.25. The molecule has 1 aliphatic rings. The number of rotatable bonds is 2. The molecular formula is C14H17NO4S. The quantitative estimate of drug-likeness (QED) is 0.820. The molecule has 0 spiro atoms. The molecule has 1 saturated heterocycles. The Morgan fingerprint density at radius 1 is 1.30 bits per heavy atom. The molecule has 1 aromatic carbocycles. The molecule has 2 N–H and O–H groups in total. The van der Waals surface area contributed by atoms with E-state index in [1.165, 1.54) is 7.11 Å². The van der Waals surface area contributed by atoms with Crippen molar-refractivity contribution in [3.05, 3.63) is 28.2 Å². The summed E-state index contributed by atoms with van der Waals surface area (Å²) < 4.78 is 5.03. The van der Waals surface area contributed by atoms with Crippen LogP contribution < -0.4 is 10.1 Å². The van der Waals surface area contributed by atoms with Crippen molar-refractivity contribution in [2.75, 3.05) is 7.11 Å². The van der Waals surface area contributed by atoms with Gasteiger partial charge in [0.15, 0.2) is 11.5 Å². The highest BCUT2D eigenvalue weighted by atomic mass is 32.2. The highest BCUT2D eigenvalue weighted by molar-refractivity contribution is 8.18. The van der Waals surface area contributed by atoms with Gasteiger partial charge in [0.2, 0.25) is 0 Å². The fraction of sp³-hybridized carbons (Fsp3) is 0.286. The van der Waals surface area contributed by atoms with Gasteiger partial charge in [-0.25, -0.2) is 0 Å². The Bertz CT molecular complexity index is 567. The number of methoxy groups -OCH3 is 1. The van der Waals surface area contributed by atoms with E-state index in [4.69, 9.17) is 4.74 Å². The van der Waals surface area contributed by atoms with E-state index in [2.05, 4.69) is 5.32 Å². The highest BCUT2D eigenvalue weighted by Crippen LogP contribution is 2.33. The lowest BCUT2D eigenvalue weighted by Gasteiger charge is -2.07. The number of amides is 2. The van der Waals surface area contributed by atoms with Crippen molar-refractivity contribution in [2.24, 2.45) is 0 Å². The van der Waals surface area contributed by atoms with Crippen LogP contribution in [0.2, 0.25) is 0 Å². The molecule has 0 unspecified atom stereocenters. The Balaban J connectivity index is 0.000000956. The zero-order chi connectivity index (χ0) is 15.3.